The van der Waals surface area contributed by atoms with Crippen LogP contribution in [0.2, 0.25) is 0 Å². The summed E-state index contributed by atoms with van der Waals surface area (Å²) in [4.78, 5) is 27.8. The Morgan fingerprint density at radius 1 is 0.857 bits per heavy atom. The number of hydrogen-bond acceptors (Lipinski definition) is 5. The number of nitrogens with zero attached hydrogens (tertiary/aromatic N) is 2. The lowest BCUT2D eigenvalue weighted by Gasteiger charge is -2.12. The second kappa shape index (κ2) is 7.56. The van der Waals surface area contributed by atoms with Crippen molar-refractivity contribution in [1.82, 2.24) is 0 Å². The molecule has 0 atom stereocenters. The minimum absolute atomic E-state index is 0.121. The van der Waals surface area contributed by atoms with E-state index in [0.29, 0.717) is 17.1 Å². The maximum absolute atomic E-state index is 10.4. The third-order valence-corrected chi connectivity index (χ3v) is 2.82. The normalized spacial score (nSPS) is 9.33. The Bertz CT molecular complexity index is 701. The second-order valence-electron chi connectivity index (χ2n) is 4.12. The highest BCUT2D eigenvalue weighted by molar-refractivity contribution is 5.45. The van der Waals surface area contributed by atoms with E-state index < -0.39 is 0 Å². The fraction of sp³-hybridized carbons (Fsp3) is 0.125. The van der Waals surface area contributed by atoms with E-state index in [0.717, 1.165) is 5.56 Å². The van der Waals surface area contributed by atoms with Crippen molar-refractivity contribution in [3.05, 3.63) is 59.7 Å². The van der Waals surface area contributed by atoms with Crippen LogP contribution in [-0.4, -0.2) is 12.2 Å². The largest absolute Gasteiger partial charge is 0.457 e. The molecule has 21 heavy (non-hydrogen) atoms. The average Bonchev–Trinajstić information content (AvgIpc) is 2.53. The topological polar surface area (TPSA) is 68.1 Å². The smallest absolute Gasteiger partial charge is 0.235 e. The molecule has 0 amide bonds. The molecule has 0 unspecified atom stereocenters. The highest BCUT2D eigenvalue weighted by Gasteiger charge is 2.10. The standard InChI is InChI=1S/C16H12N2O3/c19-11-17-9-13-5-4-8-16(15(13)10-18-12-20)21-14-6-2-1-3-7-14/h1-8H,9-10H2. The van der Waals surface area contributed by atoms with Crippen LogP contribution in [0.15, 0.2) is 58.5 Å². The lowest BCUT2D eigenvalue weighted by atomic mass is 10.1. The molecule has 2 rings (SSSR count). The molecule has 0 bridgehead atoms. The van der Waals surface area contributed by atoms with Crippen LogP contribution in [0.3, 0.4) is 0 Å². The van der Waals surface area contributed by atoms with Crippen LogP contribution in [0.5, 0.6) is 11.5 Å². The Hall–Kier alpha value is -3.00. The molecule has 0 radical (unpaired) electrons. The van der Waals surface area contributed by atoms with Gasteiger partial charge in [0, 0.05) is 5.56 Å². The summed E-state index contributed by atoms with van der Waals surface area (Å²) in [5.74, 6) is 1.24. The number of isocyanates is 2. The first kappa shape index (κ1) is 14.4. The second-order valence-corrected chi connectivity index (χ2v) is 4.12. The number of carbonyl (C=O) groups excluding carboxylic acids is 2. The van der Waals surface area contributed by atoms with E-state index in [1.54, 1.807) is 18.2 Å². The summed E-state index contributed by atoms with van der Waals surface area (Å²) in [6.07, 6.45) is 3.00. The molecular weight excluding hydrogens is 268 g/mol. The number of aliphatic imine (C=N–C) groups is 2. The summed E-state index contributed by atoms with van der Waals surface area (Å²) in [6.45, 7) is 0.287. The van der Waals surface area contributed by atoms with Crippen molar-refractivity contribution < 1.29 is 14.3 Å². The van der Waals surface area contributed by atoms with Gasteiger partial charge >= 0.3 is 0 Å². The van der Waals surface area contributed by atoms with Crippen molar-refractivity contribution >= 4 is 12.2 Å². The van der Waals surface area contributed by atoms with Gasteiger partial charge in [0.15, 0.2) is 0 Å². The first-order chi connectivity index (χ1) is 10.3. The summed E-state index contributed by atoms with van der Waals surface area (Å²) >= 11 is 0. The third kappa shape index (κ3) is 3.98. The molecule has 0 aliphatic rings. The molecule has 0 saturated heterocycles. The molecule has 2 aromatic rings. The van der Waals surface area contributed by atoms with Gasteiger partial charge < -0.3 is 4.74 Å². The van der Waals surface area contributed by atoms with Crippen molar-refractivity contribution in [2.24, 2.45) is 9.98 Å². The zero-order chi connectivity index (χ0) is 14.9. The zero-order valence-corrected chi connectivity index (χ0v) is 11.2. The molecule has 2 aromatic carbocycles. The Labute approximate surface area is 121 Å². The summed E-state index contributed by atoms with van der Waals surface area (Å²) in [5, 5.41) is 0. The van der Waals surface area contributed by atoms with Crippen molar-refractivity contribution in [2.75, 3.05) is 0 Å². The quantitative estimate of drug-likeness (QED) is 0.603. The van der Waals surface area contributed by atoms with Gasteiger partial charge in [-0.05, 0) is 23.8 Å². The first-order valence-electron chi connectivity index (χ1n) is 6.26. The van der Waals surface area contributed by atoms with Crippen LogP contribution in [0, 0.1) is 0 Å². The van der Waals surface area contributed by atoms with Gasteiger partial charge in [-0.2, -0.15) is 0 Å². The van der Waals surface area contributed by atoms with Crippen molar-refractivity contribution in [1.29, 1.82) is 0 Å². The van der Waals surface area contributed by atoms with Crippen LogP contribution in [0.25, 0.3) is 0 Å². The number of para-hydroxylation sites is 1. The molecule has 0 spiro atoms. The maximum Gasteiger partial charge on any atom is 0.235 e. The highest BCUT2D eigenvalue weighted by Crippen LogP contribution is 2.28. The van der Waals surface area contributed by atoms with Gasteiger partial charge in [-0.25, -0.2) is 19.6 Å². The number of hydrogen-bond donors (Lipinski definition) is 0. The monoisotopic (exact) mass is 280 g/mol. The average molecular weight is 280 g/mol. The molecule has 0 aromatic heterocycles. The van der Waals surface area contributed by atoms with Crippen LogP contribution in [0.1, 0.15) is 11.1 Å². The Balaban J connectivity index is 2.38. The Kier molecular flexibility index (Phi) is 5.18. The van der Waals surface area contributed by atoms with E-state index in [2.05, 4.69) is 9.98 Å². The molecule has 104 valence electrons. The van der Waals surface area contributed by atoms with Crippen LogP contribution in [-0.2, 0) is 22.7 Å². The molecule has 5 heteroatoms. The molecule has 0 aliphatic heterocycles. The summed E-state index contributed by atoms with van der Waals surface area (Å²) in [6, 6.07) is 14.6. The molecule has 0 aliphatic carbocycles. The fourth-order valence-corrected chi connectivity index (χ4v) is 1.88. The van der Waals surface area contributed by atoms with Crippen molar-refractivity contribution in [3.8, 4) is 11.5 Å². The SMILES string of the molecule is O=C=NCc1cccc(Oc2ccccc2)c1CN=C=O. The predicted octanol–water partition coefficient (Wildman–Crippen LogP) is 3.15. The summed E-state index contributed by atoms with van der Waals surface area (Å²) in [7, 11) is 0. The fourth-order valence-electron chi connectivity index (χ4n) is 1.88. The van der Waals surface area contributed by atoms with Gasteiger partial charge in [0.25, 0.3) is 0 Å². The number of ether oxygens (including phenoxy) is 1. The maximum atomic E-state index is 10.4. The Morgan fingerprint density at radius 2 is 1.57 bits per heavy atom. The van der Waals surface area contributed by atoms with Crippen LogP contribution in [0.4, 0.5) is 0 Å². The lowest BCUT2D eigenvalue weighted by Crippen LogP contribution is -1.97. The molecule has 0 N–H and O–H groups in total. The summed E-state index contributed by atoms with van der Waals surface area (Å²) in [5.41, 5.74) is 1.45. The van der Waals surface area contributed by atoms with Crippen LogP contribution < -0.4 is 4.74 Å². The number of benzene rings is 2. The van der Waals surface area contributed by atoms with E-state index in [1.807, 2.05) is 30.3 Å². The first-order valence-corrected chi connectivity index (χ1v) is 6.26. The van der Waals surface area contributed by atoms with E-state index in [1.165, 1.54) is 12.2 Å². The minimum atomic E-state index is 0.121. The zero-order valence-electron chi connectivity index (χ0n) is 11.2. The number of rotatable bonds is 6. The van der Waals surface area contributed by atoms with Gasteiger partial charge in [0.2, 0.25) is 12.2 Å². The molecule has 0 saturated carbocycles. The van der Waals surface area contributed by atoms with E-state index in [-0.39, 0.29) is 13.1 Å². The van der Waals surface area contributed by atoms with E-state index in [4.69, 9.17) is 4.74 Å². The van der Waals surface area contributed by atoms with E-state index in [9.17, 15) is 9.59 Å². The molecular formula is C16H12N2O3. The van der Waals surface area contributed by atoms with E-state index >= 15 is 0 Å². The van der Waals surface area contributed by atoms with Crippen molar-refractivity contribution in [3.63, 3.8) is 0 Å². The molecule has 0 fully saturated rings. The molecule has 0 heterocycles. The summed E-state index contributed by atoms with van der Waals surface area (Å²) < 4.78 is 5.80. The van der Waals surface area contributed by atoms with Gasteiger partial charge in [-0.1, -0.05) is 30.3 Å². The highest BCUT2D eigenvalue weighted by atomic mass is 16.5. The molecule has 5 nitrogen and oxygen atoms in total. The third-order valence-electron chi connectivity index (χ3n) is 2.82. The lowest BCUT2D eigenvalue weighted by molar-refractivity contribution is 0.475. The van der Waals surface area contributed by atoms with Crippen molar-refractivity contribution in [2.45, 2.75) is 13.1 Å². The van der Waals surface area contributed by atoms with Gasteiger partial charge in [0.05, 0.1) is 13.1 Å². The minimum Gasteiger partial charge on any atom is -0.457 e. The predicted molar refractivity (Wildman–Crippen MR) is 76.6 cm³/mol. The van der Waals surface area contributed by atoms with Gasteiger partial charge in [-0.15, -0.1) is 0 Å². The Morgan fingerprint density at radius 3 is 2.29 bits per heavy atom. The van der Waals surface area contributed by atoms with Gasteiger partial charge in [0.1, 0.15) is 11.5 Å². The van der Waals surface area contributed by atoms with Gasteiger partial charge in [-0.3, -0.25) is 0 Å². The van der Waals surface area contributed by atoms with Crippen LogP contribution >= 0.6 is 0 Å².